The predicted molar refractivity (Wildman–Crippen MR) is 114 cm³/mol. The highest BCUT2D eigenvalue weighted by Gasteiger charge is 2.33. The summed E-state index contributed by atoms with van der Waals surface area (Å²) in [5.74, 6) is 3.25. The maximum atomic E-state index is 6.10. The van der Waals surface area contributed by atoms with E-state index < -0.39 is 0 Å². The van der Waals surface area contributed by atoms with Crippen molar-refractivity contribution in [2.75, 3.05) is 46.8 Å². The fraction of sp³-hybridized carbons (Fsp3) is 0.455. The van der Waals surface area contributed by atoms with Crippen LogP contribution in [0.15, 0.2) is 42.5 Å². The minimum absolute atomic E-state index is 0. The van der Waals surface area contributed by atoms with Crippen molar-refractivity contribution in [3.63, 3.8) is 0 Å². The quantitative estimate of drug-likeness (QED) is 0.662. The van der Waals surface area contributed by atoms with Gasteiger partial charge in [-0.1, -0.05) is 30.3 Å². The van der Waals surface area contributed by atoms with Crippen molar-refractivity contribution in [1.29, 1.82) is 0 Å². The highest BCUT2D eigenvalue weighted by Crippen LogP contribution is 2.40. The fourth-order valence-electron chi connectivity index (χ4n) is 4.11. The van der Waals surface area contributed by atoms with Gasteiger partial charge in [-0.05, 0) is 24.1 Å². The van der Waals surface area contributed by atoms with Crippen LogP contribution in [0, 0.1) is 5.92 Å². The Balaban J connectivity index is 0.00000240. The Bertz CT molecular complexity index is 790. The molecule has 2 aromatic carbocycles. The van der Waals surface area contributed by atoms with Crippen LogP contribution < -0.4 is 19.9 Å². The number of fused-ring (bicyclic) bond motifs is 1. The van der Waals surface area contributed by atoms with Gasteiger partial charge in [0.05, 0.1) is 6.61 Å². The van der Waals surface area contributed by atoms with E-state index in [1.165, 1.54) is 5.56 Å². The summed E-state index contributed by atoms with van der Waals surface area (Å²) in [4.78, 5) is 2.45. The van der Waals surface area contributed by atoms with E-state index >= 15 is 0 Å². The van der Waals surface area contributed by atoms with Gasteiger partial charge in [0.25, 0.3) is 0 Å². The lowest BCUT2D eigenvalue weighted by Gasteiger charge is -2.19. The van der Waals surface area contributed by atoms with Crippen molar-refractivity contribution in [2.45, 2.75) is 12.5 Å². The Morgan fingerprint density at radius 3 is 2.55 bits per heavy atom. The minimum atomic E-state index is 0. The average molecular weight is 421 g/mol. The normalized spacial score (nSPS) is 20.5. The Labute approximate surface area is 178 Å². The molecule has 6 nitrogen and oxygen atoms in total. The third-order valence-electron chi connectivity index (χ3n) is 5.54. The van der Waals surface area contributed by atoms with E-state index in [9.17, 15) is 0 Å². The molecule has 0 saturated carbocycles. The Morgan fingerprint density at radius 2 is 1.83 bits per heavy atom. The van der Waals surface area contributed by atoms with E-state index in [1.54, 1.807) is 7.11 Å². The van der Waals surface area contributed by atoms with Gasteiger partial charge in [-0.2, -0.15) is 0 Å². The molecular weight excluding hydrogens is 392 g/mol. The van der Waals surface area contributed by atoms with Crippen molar-refractivity contribution >= 4 is 12.4 Å². The Hall–Kier alpha value is -1.99. The molecule has 0 unspecified atom stereocenters. The van der Waals surface area contributed by atoms with E-state index in [-0.39, 0.29) is 19.2 Å². The molecule has 1 fully saturated rings. The van der Waals surface area contributed by atoms with Gasteiger partial charge < -0.3 is 24.7 Å². The molecule has 1 saturated heterocycles. The first-order valence-electron chi connectivity index (χ1n) is 9.80. The van der Waals surface area contributed by atoms with E-state index in [2.05, 4.69) is 35.2 Å². The molecule has 29 heavy (non-hydrogen) atoms. The zero-order valence-electron chi connectivity index (χ0n) is 16.7. The van der Waals surface area contributed by atoms with Crippen LogP contribution in [0.5, 0.6) is 17.2 Å². The molecule has 4 rings (SSSR count). The van der Waals surface area contributed by atoms with Gasteiger partial charge in [0.1, 0.15) is 12.4 Å². The number of nitrogens with zero attached hydrogens (tertiary/aromatic N) is 1. The SMILES string of the molecule is COCCOc1cc2c(cc1CN1C[C@@H](CN)[C@H](c3ccccc3)C1)OCO2.Cl. The second kappa shape index (κ2) is 10.2. The van der Waals surface area contributed by atoms with Crippen molar-refractivity contribution in [1.82, 2.24) is 4.90 Å². The summed E-state index contributed by atoms with van der Waals surface area (Å²) in [6.45, 7) is 4.74. The lowest BCUT2D eigenvalue weighted by atomic mass is 9.89. The van der Waals surface area contributed by atoms with Gasteiger partial charge in [0.2, 0.25) is 6.79 Å². The topological polar surface area (TPSA) is 66.2 Å². The number of hydrogen-bond donors (Lipinski definition) is 1. The number of rotatable bonds is 8. The summed E-state index contributed by atoms with van der Waals surface area (Å²) in [6.07, 6.45) is 0. The molecule has 158 valence electrons. The Kier molecular flexibility index (Phi) is 7.61. The number of hydrogen-bond acceptors (Lipinski definition) is 6. The standard InChI is InChI=1S/C22H28N2O4.ClH/c1-25-7-8-26-20-10-22-21(27-15-28-22)9-17(20)12-24-13-18(11-23)19(14-24)16-5-3-2-4-6-16;/h2-6,9-10,18-19H,7-8,11-15,23H2,1H3;1H/t18-,19+;/m1./s1. The molecule has 2 atom stereocenters. The maximum Gasteiger partial charge on any atom is 0.231 e. The third kappa shape index (κ3) is 4.95. The molecule has 0 aromatic heterocycles. The summed E-state index contributed by atoms with van der Waals surface area (Å²) < 4.78 is 22.2. The number of ether oxygens (including phenoxy) is 4. The highest BCUT2D eigenvalue weighted by molar-refractivity contribution is 5.85. The van der Waals surface area contributed by atoms with Crippen LogP contribution in [0.1, 0.15) is 17.0 Å². The second-order valence-electron chi connectivity index (χ2n) is 7.36. The molecule has 2 aliphatic heterocycles. The predicted octanol–water partition coefficient (Wildman–Crippen LogP) is 3.04. The summed E-state index contributed by atoms with van der Waals surface area (Å²) in [6, 6.07) is 14.6. The molecule has 0 spiro atoms. The highest BCUT2D eigenvalue weighted by atomic mass is 35.5. The molecule has 2 aromatic rings. The lowest BCUT2D eigenvalue weighted by Crippen LogP contribution is -2.23. The zero-order chi connectivity index (χ0) is 19.3. The number of methoxy groups -OCH3 is 1. The summed E-state index contributed by atoms with van der Waals surface area (Å²) in [5, 5.41) is 0. The van der Waals surface area contributed by atoms with Crippen LogP contribution in [0.3, 0.4) is 0 Å². The minimum Gasteiger partial charge on any atom is -0.491 e. The van der Waals surface area contributed by atoms with Crippen molar-refractivity contribution in [2.24, 2.45) is 11.7 Å². The molecule has 0 amide bonds. The van der Waals surface area contributed by atoms with Crippen LogP contribution in [-0.4, -0.2) is 51.7 Å². The molecule has 2 N–H and O–H groups in total. The van der Waals surface area contributed by atoms with Gasteiger partial charge in [0.15, 0.2) is 11.5 Å². The van der Waals surface area contributed by atoms with Crippen LogP contribution in [0.25, 0.3) is 0 Å². The largest absolute Gasteiger partial charge is 0.491 e. The van der Waals surface area contributed by atoms with Crippen LogP contribution >= 0.6 is 12.4 Å². The maximum absolute atomic E-state index is 6.10. The summed E-state index contributed by atoms with van der Waals surface area (Å²) in [7, 11) is 1.67. The van der Waals surface area contributed by atoms with E-state index in [0.29, 0.717) is 31.6 Å². The van der Waals surface area contributed by atoms with Crippen LogP contribution in [-0.2, 0) is 11.3 Å². The average Bonchev–Trinajstić information content (AvgIpc) is 3.35. The third-order valence-corrected chi connectivity index (χ3v) is 5.54. The van der Waals surface area contributed by atoms with Gasteiger partial charge in [0, 0.05) is 44.3 Å². The monoisotopic (exact) mass is 420 g/mol. The van der Waals surface area contributed by atoms with E-state index in [0.717, 1.165) is 42.4 Å². The van der Waals surface area contributed by atoms with Crippen molar-refractivity contribution < 1.29 is 18.9 Å². The molecule has 0 bridgehead atoms. The van der Waals surface area contributed by atoms with E-state index in [1.807, 2.05) is 12.1 Å². The smallest absolute Gasteiger partial charge is 0.231 e. The van der Waals surface area contributed by atoms with Crippen LogP contribution in [0.2, 0.25) is 0 Å². The molecule has 0 radical (unpaired) electrons. The number of nitrogens with two attached hydrogens (primary N) is 1. The van der Waals surface area contributed by atoms with Crippen molar-refractivity contribution in [3.8, 4) is 17.2 Å². The van der Waals surface area contributed by atoms with Gasteiger partial charge in [-0.15, -0.1) is 12.4 Å². The summed E-state index contributed by atoms with van der Waals surface area (Å²) in [5.41, 5.74) is 8.57. The lowest BCUT2D eigenvalue weighted by molar-refractivity contribution is 0.144. The molecular formula is C22H29ClN2O4. The number of halogens is 1. The number of likely N-dealkylation sites (tertiary alicyclic amines) is 1. The first-order valence-corrected chi connectivity index (χ1v) is 9.80. The second-order valence-corrected chi connectivity index (χ2v) is 7.36. The molecule has 2 heterocycles. The van der Waals surface area contributed by atoms with Gasteiger partial charge >= 0.3 is 0 Å². The first kappa shape index (κ1) is 21.7. The van der Waals surface area contributed by atoms with Gasteiger partial charge in [-0.25, -0.2) is 0 Å². The molecule has 2 aliphatic rings. The Morgan fingerprint density at radius 1 is 1.07 bits per heavy atom. The van der Waals surface area contributed by atoms with Crippen molar-refractivity contribution in [3.05, 3.63) is 53.6 Å². The molecule has 7 heteroatoms. The first-order chi connectivity index (χ1) is 13.8. The number of benzene rings is 2. The van der Waals surface area contributed by atoms with Gasteiger partial charge in [-0.3, -0.25) is 4.90 Å². The van der Waals surface area contributed by atoms with E-state index in [4.69, 9.17) is 24.7 Å². The molecule has 0 aliphatic carbocycles. The summed E-state index contributed by atoms with van der Waals surface area (Å²) >= 11 is 0. The van der Waals surface area contributed by atoms with Crippen LogP contribution in [0.4, 0.5) is 0 Å². The fourth-order valence-corrected chi connectivity index (χ4v) is 4.11. The zero-order valence-corrected chi connectivity index (χ0v) is 17.5.